The first-order valence-corrected chi connectivity index (χ1v) is 16.7. The summed E-state index contributed by atoms with van der Waals surface area (Å²) in [6, 6.07) is 10.9. The number of nitrogens with one attached hydrogen (secondary N) is 2. The molecule has 12 nitrogen and oxygen atoms in total. The summed E-state index contributed by atoms with van der Waals surface area (Å²) in [7, 11) is 3.11. The molecule has 2 saturated carbocycles. The second kappa shape index (κ2) is 11.2. The summed E-state index contributed by atoms with van der Waals surface area (Å²) in [6.45, 7) is 7.21. The Morgan fingerprint density at radius 1 is 0.500 bits per heavy atom. The third kappa shape index (κ3) is 3.37. The second-order valence-corrected chi connectivity index (χ2v) is 13.1. The number of hydrogen-bond acceptors (Lipinski definition) is 12. The Morgan fingerprint density at radius 3 is 0.958 bits per heavy atom. The molecule has 0 radical (unpaired) electrons. The van der Waals surface area contributed by atoms with Crippen LogP contribution in [0.2, 0.25) is 0 Å². The molecule has 0 aromatic heterocycles. The van der Waals surface area contributed by atoms with Gasteiger partial charge in [0.15, 0.2) is 0 Å². The first kappa shape index (κ1) is 32.4. The Kier molecular flexibility index (Phi) is 7.56. The van der Waals surface area contributed by atoms with Gasteiger partial charge in [0.25, 0.3) is 0 Å². The number of carbonyl (C=O) groups is 4. The molecule has 4 saturated heterocycles. The predicted molar refractivity (Wildman–Crippen MR) is 169 cm³/mol. The Bertz CT molecular complexity index is 1430. The minimum Gasteiger partial charge on any atom is -0.497 e. The molecule has 0 spiro atoms. The van der Waals surface area contributed by atoms with Gasteiger partial charge in [-0.15, -0.1) is 0 Å². The molecule has 2 aromatic rings. The van der Waals surface area contributed by atoms with Gasteiger partial charge < -0.3 is 39.1 Å². The van der Waals surface area contributed by atoms with Crippen LogP contribution in [0.1, 0.15) is 50.7 Å². The van der Waals surface area contributed by atoms with E-state index in [0.717, 1.165) is 0 Å². The van der Waals surface area contributed by atoms with E-state index in [1.54, 1.807) is 66.2 Å². The average molecular weight is 663 g/mol. The molecule has 48 heavy (non-hydrogen) atoms. The fourth-order valence-electron chi connectivity index (χ4n) is 10.7. The molecule has 8 bridgehead atoms. The van der Waals surface area contributed by atoms with Crippen molar-refractivity contribution in [3.8, 4) is 11.5 Å². The number of benzene rings is 2. The zero-order valence-corrected chi connectivity index (χ0v) is 28.0. The molecular weight excluding hydrogens is 620 g/mol. The number of carbonyl (C=O) groups excluding carboxylic acids is 4. The molecule has 12 heteroatoms. The molecule has 2 N–H and O–H groups in total. The zero-order valence-electron chi connectivity index (χ0n) is 28.0. The zero-order chi connectivity index (χ0) is 34.2. The van der Waals surface area contributed by atoms with Crippen molar-refractivity contribution in [2.24, 2.45) is 21.7 Å². The Morgan fingerprint density at radius 2 is 0.750 bits per heavy atom. The minimum absolute atomic E-state index is 0.0791. The van der Waals surface area contributed by atoms with E-state index in [0.29, 0.717) is 22.6 Å². The van der Waals surface area contributed by atoms with E-state index < -0.39 is 81.5 Å². The van der Waals surface area contributed by atoms with Gasteiger partial charge in [-0.05, 0) is 63.1 Å². The number of rotatable bonds is 12. The summed E-state index contributed by atoms with van der Waals surface area (Å²) in [4.78, 5) is 58.8. The third-order valence-corrected chi connectivity index (χ3v) is 11.8. The van der Waals surface area contributed by atoms with E-state index in [1.165, 1.54) is 0 Å². The van der Waals surface area contributed by atoms with E-state index in [4.69, 9.17) is 28.4 Å². The van der Waals surface area contributed by atoms with Crippen LogP contribution < -0.4 is 20.1 Å². The van der Waals surface area contributed by atoms with Crippen molar-refractivity contribution >= 4 is 23.9 Å². The lowest BCUT2D eigenvalue weighted by atomic mass is 9.16. The van der Waals surface area contributed by atoms with Gasteiger partial charge >= 0.3 is 23.9 Å². The maximum atomic E-state index is 14.7. The van der Waals surface area contributed by atoms with Crippen LogP contribution in [0.3, 0.4) is 0 Å². The van der Waals surface area contributed by atoms with Crippen LogP contribution in [0.4, 0.5) is 0 Å². The third-order valence-electron chi connectivity index (χ3n) is 11.8. The fraction of sp³-hybridized carbons (Fsp3) is 0.556. The standard InChI is InChI=1S/C36H42N2O10/c1-7-45-29(39)33-23(19-11-15-21(43-5)16-12-19)34(30(40)46-8-2)27-36(32(42)48-10-4)24(20-13-17-22(44-6)18-14-20)35(25(33)37-27,31(41)47-9-3)26(33)38-28(34)36/h11-18,23-28,37-38H,7-10H2,1-6H3. The van der Waals surface area contributed by atoms with Gasteiger partial charge in [-0.3, -0.25) is 19.2 Å². The molecular formula is C36H42N2O10. The largest absolute Gasteiger partial charge is 0.497 e. The van der Waals surface area contributed by atoms with Crippen LogP contribution in [0.25, 0.3) is 0 Å². The van der Waals surface area contributed by atoms with Crippen LogP contribution in [0.5, 0.6) is 11.5 Å². The normalized spacial score (nSPS) is 37.4. The van der Waals surface area contributed by atoms with E-state index in [2.05, 4.69) is 10.6 Å². The lowest BCUT2D eigenvalue weighted by Gasteiger charge is -2.91. The molecule has 2 aromatic carbocycles. The van der Waals surface area contributed by atoms with Gasteiger partial charge in [-0.1, -0.05) is 24.3 Å². The fourth-order valence-corrected chi connectivity index (χ4v) is 10.7. The van der Waals surface area contributed by atoms with Crippen LogP contribution in [-0.4, -0.2) is 88.7 Å². The van der Waals surface area contributed by atoms with Crippen LogP contribution in [0, 0.1) is 21.7 Å². The topological polar surface area (TPSA) is 148 Å². The van der Waals surface area contributed by atoms with Gasteiger partial charge in [0.2, 0.25) is 0 Å². The highest BCUT2D eigenvalue weighted by Crippen LogP contribution is 2.88. The smallest absolute Gasteiger partial charge is 0.316 e. The molecule has 6 aliphatic rings. The number of piperidine rings is 4. The van der Waals surface area contributed by atoms with Crippen molar-refractivity contribution in [3.63, 3.8) is 0 Å². The van der Waals surface area contributed by atoms with Crippen molar-refractivity contribution in [1.82, 2.24) is 10.6 Å². The van der Waals surface area contributed by atoms with Gasteiger partial charge in [0.1, 0.15) is 33.2 Å². The first-order valence-electron chi connectivity index (χ1n) is 16.7. The quantitative estimate of drug-likeness (QED) is 0.254. The van der Waals surface area contributed by atoms with E-state index >= 15 is 0 Å². The lowest BCUT2D eigenvalue weighted by Crippen LogP contribution is -3.09. The molecule has 0 amide bonds. The average Bonchev–Trinajstić information content (AvgIpc) is 3.07. The SMILES string of the molecule is CCOC(=O)C12C3NC4C(C(=O)OCC)(C5NC1C3(C(=O)OCC)C(c1ccc(OC)cc1)C45C(=O)OCC)C2c1ccc(OC)cc1. The summed E-state index contributed by atoms with van der Waals surface area (Å²) in [6.07, 6.45) is 0. The van der Waals surface area contributed by atoms with Crippen LogP contribution in [-0.2, 0) is 38.1 Å². The van der Waals surface area contributed by atoms with Crippen LogP contribution >= 0.6 is 0 Å². The van der Waals surface area contributed by atoms with E-state index in [9.17, 15) is 19.2 Å². The second-order valence-electron chi connectivity index (χ2n) is 13.1. The molecule has 0 atom stereocenters. The summed E-state index contributed by atoms with van der Waals surface area (Å²) in [5, 5.41) is 7.17. The first-order chi connectivity index (χ1) is 23.2. The summed E-state index contributed by atoms with van der Waals surface area (Å²) in [5.41, 5.74) is -4.54. The van der Waals surface area contributed by atoms with Crippen molar-refractivity contribution in [1.29, 1.82) is 0 Å². The van der Waals surface area contributed by atoms with Crippen molar-refractivity contribution < 1.29 is 47.6 Å². The maximum absolute atomic E-state index is 14.7. The molecule has 4 heterocycles. The van der Waals surface area contributed by atoms with E-state index in [1.807, 2.05) is 24.3 Å². The molecule has 256 valence electrons. The maximum Gasteiger partial charge on any atom is 0.316 e. The number of esters is 4. The highest BCUT2D eigenvalue weighted by Gasteiger charge is 3.03. The Hall–Kier alpha value is -4.16. The summed E-state index contributed by atoms with van der Waals surface area (Å²) >= 11 is 0. The molecule has 2 aliphatic carbocycles. The number of ether oxygens (including phenoxy) is 6. The van der Waals surface area contributed by atoms with Crippen molar-refractivity contribution in [2.45, 2.75) is 63.7 Å². The summed E-state index contributed by atoms with van der Waals surface area (Å²) in [5.74, 6) is -2.71. The monoisotopic (exact) mass is 662 g/mol. The Labute approximate surface area is 279 Å². The molecule has 8 rings (SSSR count). The minimum atomic E-state index is -1.47. The van der Waals surface area contributed by atoms with Gasteiger partial charge in [-0.2, -0.15) is 0 Å². The predicted octanol–water partition coefficient (Wildman–Crippen LogP) is 2.49. The highest BCUT2D eigenvalue weighted by molar-refractivity contribution is 6.03. The van der Waals surface area contributed by atoms with Crippen LogP contribution in [0.15, 0.2) is 48.5 Å². The van der Waals surface area contributed by atoms with E-state index in [-0.39, 0.29) is 26.4 Å². The molecule has 0 unspecified atom stereocenters. The van der Waals surface area contributed by atoms with Gasteiger partial charge in [0, 0.05) is 36.0 Å². The van der Waals surface area contributed by atoms with Crippen molar-refractivity contribution in [2.75, 3.05) is 40.6 Å². The lowest BCUT2D eigenvalue weighted by molar-refractivity contribution is -0.367. The van der Waals surface area contributed by atoms with Crippen molar-refractivity contribution in [3.05, 3.63) is 59.7 Å². The summed E-state index contributed by atoms with van der Waals surface area (Å²) < 4.78 is 34.4. The molecule has 4 aliphatic heterocycles. The molecule has 6 fully saturated rings. The number of hydrogen-bond donors (Lipinski definition) is 2. The number of methoxy groups -OCH3 is 2. The van der Waals surface area contributed by atoms with Gasteiger partial charge in [-0.25, -0.2) is 0 Å². The van der Waals surface area contributed by atoms with Gasteiger partial charge in [0.05, 0.1) is 40.6 Å². The highest BCUT2D eigenvalue weighted by atomic mass is 16.6. The Balaban J connectivity index is 1.58.